The van der Waals surface area contributed by atoms with Crippen LogP contribution in [0.3, 0.4) is 0 Å². The third kappa shape index (κ3) is 3.75. The van der Waals surface area contributed by atoms with Gasteiger partial charge in [-0.1, -0.05) is 58.4 Å². The summed E-state index contributed by atoms with van der Waals surface area (Å²) in [6.07, 6.45) is 0.182. The van der Waals surface area contributed by atoms with E-state index < -0.39 is 0 Å². The van der Waals surface area contributed by atoms with Crippen molar-refractivity contribution in [1.29, 1.82) is 0 Å². The van der Waals surface area contributed by atoms with Gasteiger partial charge in [0.1, 0.15) is 5.69 Å². The van der Waals surface area contributed by atoms with E-state index in [1.807, 2.05) is 61.7 Å². The number of carbonyl (C=O) groups is 1. The molecule has 0 spiro atoms. The fourth-order valence-corrected chi connectivity index (χ4v) is 4.08. The molecule has 5 nitrogen and oxygen atoms in total. The molecule has 2 aromatic carbocycles. The maximum atomic E-state index is 12.1. The van der Waals surface area contributed by atoms with Gasteiger partial charge in [0.25, 0.3) is 0 Å². The Bertz CT molecular complexity index is 1230. The molecule has 4 aromatic rings. The molecule has 4 rings (SSSR count). The Morgan fingerprint density at radius 1 is 1.07 bits per heavy atom. The van der Waals surface area contributed by atoms with E-state index in [0.29, 0.717) is 6.61 Å². The van der Waals surface area contributed by atoms with Gasteiger partial charge in [0.05, 0.1) is 18.6 Å². The topological polar surface area (TPSA) is 56.5 Å². The average molecular weight is 464 g/mol. The molecule has 0 aliphatic rings. The summed E-state index contributed by atoms with van der Waals surface area (Å²) < 4.78 is 7.98. The summed E-state index contributed by atoms with van der Waals surface area (Å²) in [6, 6.07) is 18.2. The van der Waals surface area contributed by atoms with Crippen LogP contribution in [0.4, 0.5) is 0 Å². The van der Waals surface area contributed by atoms with Crippen molar-refractivity contribution in [2.24, 2.45) is 0 Å². The lowest BCUT2D eigenvalue weighted by Gasteiger charge is -2.11. The number of aromatic nitrogens is 3. The molecule has 0 aliphatic heterocycles. The molecule has 0 saturated heterocycles. The quantitative estimate of drug-likeness (QED) is 0.364. The molecule has 0 unspecified atom stereocenters. The Hall–Kier alpha value is -2.99. The highest BCUT2D eigenvalue weighted by molar-refractivity contribution is 9.10. The number of rotatable bonds is 5. The predicted molar refractivity (Wildman–Crippen MR) is 121 cm³/mol. The number of aryl methyl sites for hydroxylation is 2. The zero-order chi connectivity index (χ0) is 21.3. The maximum absolute atomic E-state index is 12.1. The van der Waals surface area contributed by atoms with Gasteiger partial charge in [-0.25, -0.2) is 9.50 Å². The van der Waals surface area contributed by atoms with E-state index in [4.69, 9.17) is 14.8 Å². The lowest BCUT2D eigenvalue weighted by molar-refractivity contribution is -0.142. The Morgan fingerprint density at radius 3 is 2.50 bits per heavy atom. The molecular weight excluding hydrogens is 442 g/mol. The van der Waals surface area contributed by atoms with Crippen molar-refractivity contribution in [3.05, 3.63) is 76.0 Å². The molecule has 0 fully saturated rings. The summed E-state index contributed by atoms with van der Waals surface area (Å²) in [7, 11) is 0. The normalized spacial score (nSPS) is 11.1. The van der Waals surface area contributed by atoms with Gasteiger partial charge >= 0.3 is 5.97 Å². The number of benzene rings is 2. The molecule has 0 saturated carbocycles. The van der Waals surface area contributed by atoms with Crippen LogP contribution in [0.5, 0.6) is 0 Å². The highest BCUT2D eigenvalue weighted by Gasteiger charge is 2.22. The van der Waals surface area contributed by atoms with Crippen LogP contribution in [0.25, 0.3) is 28.0 Å². The third-order valence-electron chi connectivity index (χ3n) is 5.11. The highest BCUT2D eigenvalue weighted by atomic mass is 79.9. The van der Waals surface area contributed by atoms with Gasteiger partial charge in [0, 0.05) is 27.0 Å². The van der Waals surface area contributed by atoms with Crippen molar-refractivity contribution in [2.75, 3.05) is 6.61 Å². The first-order valence-corrected chi connectivity index (χ1v) is 10.6. The summed E-state index contributed by atoms with van der Waals surface area (Å²) in [5.74, 6) is -0.257. The van der Waals surface area contributed by atoms with E-state index in [1.165, 1.54) is 0 Å². The monoisotopic (exact) mass is 463 g/mol. The Kier molecular flexibility index (Phi) is 5.68. The third-order valence-corrected chi connectivity index (χ3v) is 5.61. The van der Waals surface area contributed by atoms with Crippen LogP contribution in [0.1, 0.15) is 23.9 Å². The van der Waals surface area contributed by atoms with Gasteiger partial charge in [-0.3, -0.25) is 4.79 Å². The molecule has 2 heterocycles. The van der Waals surface area contributed by atoms with Crippen molar-refractivity contribution in [3.63, 3.8) is 0 Å². The van der Waals surface area contributed by atoms with Gasteiger partial charge in [0.15, 0.2) is 5.65 Å². The van der Waals surface area contributed by atoms with E-state index >= 15 is 0 Å². The van der Waals surface area contributed by atoms with E-state index in [0.717, 1.165) is 49.5 Å². The summed E-state index contributed by atoms with van der Waals surface area (Å²) >= 11 is 3.56. The first-order chi connectivity index (χ1) is 14.5. The van der Waals surface area contributed by atoms with Crippen LogP contribution >= 0.6 is 15.9 Å². The van der Waals surface area contributed by atoms with Crippen LogP contribution in [0.2, 0.25) is 0 Å². The molecule has 0 atom stereocenters. The number of hydrogen-bond donors (Lipinski definition) is 0. The summed E-state index contributed by atoms with van der Waals surface area (Å²) in [6.45, 7) is 6.08. The molecule has 152 valence electrons. The van der Waals surface area contributed by atoms with Crippen LogP contribution in [0.15, 0.2) is 59.1 Å². The van der Waals surface area contributed by atoms with E-state index in [9.17, 15) is 4.79 Å². The van der Waals surface area contributed by atoms with Gasteiger partial charge in [-0.2, -0.15) is 5.10 Å². The first kappa shape index (κ1) is 20.3. The second kappa shape index (κ2) is 8.40. The molecule has 0 amide bonds. The summed E-state index contributed by atoms with van der Waals surface area (Å²) in [4.78, 5) is 17.0. The van der Waals surface area contributed by atoms with Crippen molar-refractivity contribution in [1.82, 2.24) is 14.6 Å². The second-order valence-corrected chi connectivity index (χ2v) is 7.99. The largest absolute Gasteiger partial charge is 0.466 e. The highest BCUT2D eigenvalue weighted by Crippen LogP contribution is 2.36. The minimum absolute atomic E-state index is 0.182. The number of ether oxygens (including phenoxy) is 1. The molecule has 0 aliphatic carbocycles. The zero-order valence-corrected chi connectivity index (χ0v) is 18.7. The number of carbonyl (C=O) groups excluding carboxylic acids is 1. The molecule has 0 radical (unpaired) electrons. The fourth-order valence-electron chi connectivity index (χ4n) is 3.68. The lowest BCUT2D eigenvalue weighted by Crippen LogP contribution is -2.13. The molecule has 6 heteroatoms. The van der Waals surface area contributed by atoms with Gasteiger partial charge in [-0.15, -0.1) is 0 Å². The minimum Gasteiger partial charge on any atom is -0.466 e. The van der Waals surface area contributed by atoms with E-state index in [1.54, 1.807) is 0 Å². The van der Waals surface area contributed by atoms with Crippen LogP contribution in [-0.2, 0) is 16.0 Å². The average Bonchev–Trinajstić information content (AvgIpc) is 3.11. The van der Waals surface area contributed by atoms with Crippen molar-refractivity contribution >= 4 is 27.5 Å². The summed E-state index contributed by atoms with van der Waals surface area (Å²) in [5, 5.41) is 4.94. The standard InChI is InChI=1S/C24H22BrN3O2/c1-4-30-21(29)14-20-15(2)26-24-22(17-9-6-5-7-10-17)23(27-28(24)16(20)3)18-11-8-12-19(25)13-18/h5-13H,4,14H2,1-3H3. The smallest absolute Gasteiger partial charge is 0.310 e. The zero-order valence-electron chi connectivity index (χ0n) is 17.1. The van der Waals surface area contributed by atoms with E-state index in [2.05, 4.69) is 34.1 Å². The Labute approximate surface area is 183 Å². The maximum Gasteiger partial charge on any atom is 0.310 e. The van der Waals surface area contributed by atoms with Crippen LogP contribution in [0, 0.1) is 13.8 Å². The number of hydrogen-bond acceptors (Lipinski definition) is 4. The minimum atomic E-state index is -0.257. The van der Waals surface area contributed by atoms with Crippen molar-refractivity contribution in [2.45, 2.75) is 27.2 Å². The van der Waals surface area contributed by atoms with Crippen LogP contribution < -0.4 is 0 Å². The molecule has 0 bridgehead atoms. The second-order valence-electron chi connectivity index (χ2n) is 7.08. The fraction of sp³-hybridized carbons (Fsp3) is 0.208. The van der Waals surface area contributed by atoms with Crippen molar-refractivity contribution < 1.29 is 9.53 Å². The first-order valence-electron chi connectivity index (χ1n) is 9.85. The number of nitrogens with zero attached hydrogens (tertiary/aromatic N) is 3. The number of esters is 1. The molecular formula is C24H22BrN3O2. The lowest BCUT2D eigenvalue weighted by atomic mass is 10.0. The van der Waals surface area contributed by atoms with Crippen molar-refractivity contribution in [3.8, 4) is 22.4 Å². The molecule has 30 heavy (non-hydrogen) atoms. The number of fused-ring (bicyclic) bond motifs is 1. The van der Waals surface area contributed by atoms with E-state index in [-0.39, 0.29) is 12.4 Å². The van der Waals surface area contributed by atoms with Gasteiger partial charge < -0.3 is 4.74 Å². The van der Waals surface area contributed by atoms with Gasteiger partial charge in [0.2, 0.25) is 0 Å². The predicted octanol–water partition coefficient (Wildman–Crippen LogP) is 5.55. The SMILES string of the molecule is CCOC(=O)Cc1c(C)nc2c(-c3ccccc3)c(-c3cccc(Br)c3)nn2c1C. The molecule has 0 N–H and O–H groups in total. The van der Waals surface area contributed by atoms with Gasteiger partial charge in [-0.05, 0) is 38.5 Å². The molecule has 2 aromatic heterocycles. The van der Waals surface area contributed by atoms with Crippen LogP contribution in [-0.4, -0.2) is 27.2 Å². The summed E-state index contributed by atoms with van der Waals surface area (Å²) in [5.41, 5.74) is 7.20. The number of halogens is 1. The Morgan fingerprint density at radius 2 is 1.80 bits per heavy atom. The Balaban J connectivity index is 1.99.